The second-order valence-corrected chi connectivity index (χ2v) is 8.08. The number of rotatable bonds is 7. The first kappa shape index (κ1) is 20.9. The standard InChI is InChI=1S/C24H24N2O4S/c1-16(3-4-17-5-10-21-22(14-17)30-12-11-29-21)13-23(27)26-24-25-20(15-31-24)18-6-8-19(28-2)9-7-18/h5-10,13-15H,3-4,11-12H2,1-2H3,(H,25,26,27). The van der Waals surface area contributed by atoms with Crippen molar-refractivity contribution >= 4 is 22.4 Å². The number of ether oxygens (including phenoxy) is 3. The molecule has 1 aliphatic rings. The number of benzene rings is 2. The van der Waals surface area contributed by atoms with Crippen LogP contribution in [0.1, 0.15) is 18.9 Å². The van der Waals surface area contributed by atoms with Gasteiger partial charge in [-0.25, -0.2) is 4.98 Å². The number of hydrogen-bond acceptors (Lipinski definition) is 6. The monoisotopic (exact) mass is 436 g/mol. The quantitative estimate of drug-likeness (QED) is 0.522. The predicted molar refractivity (Wildman–Crippen MR) is 122 cm³/mol. The van der Waals surface area contributed by atoms with E-state index in [-0.39, 0.29) is 5.91 Å². The predicted octanol–water partition coefficient (Wildman–Crippen LogP) is 5.11. The first-order chi connectivity index (χ1) is 15.1. The molecule has 4 rings (SSSR count). The van der Waals surface area contributed by atoms with E-state index >= 15 is 0 Å². The maximum absolute atomic E-state index is 12.4. The molecular weight excluding hydrogens is 412 g/mol. The van der Waals surface area contributed by atoms with Gasteiger partial charge in [0.1, 0.15) is 19.0 Å². The summed E-state index contributed by atoms with van der Waals surface area (Å²) in [6.07, 6.45) is 3.24. The van der Waals surface area contributed by atoms with Gasteiger partial charge < -0.3 is 14.2 Å². The van der Waals surface area contributed by atoms with Crippen LogP contribution in [0.5, 0.6) is 17.2 Å². The molecule has 1 aromatic heterocycles. The summed E-state index contributed by atoms with van der Waals surface area (Å²) >= 11 is 1.40. The Balaban J connectivity index is 1.32. The van der Waals surface area contributed by atoms with Crippen molar-refractivity contribution in [3.05, 3.63) is 65.1 Å². The lowest BCUT2D eigenvalue weighted by molar-refractivity contribution is -0.112. The van der Waals surface area contributed by atoms with Crippen LogP contribution in [0.25, 0.3) is 11.3 Å². The largest absolute Gasteiger partial charge is 0.497 e. The average Bonchev–Trinajstić information content (AvgIpc) is 3.25. The zero-order valence-electron chi connectivity index (χ0n) is 17.5. The van der Waals surface area contributed by atoms with E-state index in [1.807, 2.05) is 54.8 Å². The van der Waals surface area contributed by atoms with Crippen LogP contribution in [-0.4, -0.2) is 31.2 Å². The molecule has 0 radical (unpaired) electrons. The van der Waals surface area contributed by atoms with Crippen molar-refractivity contribution in [3.63, 3.8) is 0 Å². The van der Waals surface area contributed by atoms with Gasteiger partial charge in [0.25, 0.3) is 0 Å². The van der Waals surface area contributed by atoms with Crippen LogP contribution in [0.3, 0.4) is 0 Å². The van der Waals surface area contributed by atoms with Gasteiger partial charge in [0.05, 0.1) is 12.8 Å². The molecule has 0 fully saturated rings. The second kappa shape index (κ2) is 9.66. The molecule has 1 N–H and O–H groups in total. The van der Waals surface area contributed by atoms with Crippen LogP contribution >= 0.6 is 11.3 Å². The van der Waals surface area contributed by atoms with Gasteiger partial charge in [0.15, 0.2) is 16.6 Å². The van der Waals surface area contributed by atoms with E-state index in [9.17, 15) is 4.79 Å². The minimum atomic E-state index is -0.171. The first-order valence-corrected chi connectivity index (χ1v) is 11.0. The van der Waals surface area contributed by atoms with E-state index in [2.05, 4.69) is 10.3 Å². The zero-order chi connectivity index (χ0) is 21.6. The van der Waals surface area contributed by atoms with Gasteiger partial charge in [-0.05, 0) is 61.7 Å². The van der Waals surface area contributed by atoms with E-state index in [1.54, 1.807) is 13.2 Å². The minimum absolute atomic E-state index is 0.171. The number of nitrogens with zero attached hydrogens (tertiary/aromatic N) is 1. The summed E-state index contributed by atoms with van der Waals surface area (Å²) in [5.41, 5.74) is 3.95. The fraction of sp³-hybridized carbons (Fsp3) is 0.250. The molecule has 2 heterocycles. The molecule has 3 aromatic rings. The van der Waals surface area contributed by atoms with Gasteiger partial charge in [0.2, 0.25) is 5.91 Å². The Labute approximate surface area is 185 Å². The summed E-state index contributed by atoms with van der Waals surface area (Å²) in [6.45, 7) is 3.12. The normalized spacial score (nSPS) is 13.0. The Morgan fingerprint density at radius 1 is 1.16 bits per heavy atom. The molecule has 0 saturated carbocycles. The lowest BCUT2D eigenvalue weighted by atomic mass is 10.0. The summed E-state index contributed by atoms with van der Waals surface area (Å²) in [6, 6.07) is 13.7. The van der Waals surface area contributed by atoms with Crippen molar-refractivity contribution in [1.29, 1.82) is 0 Å². The number of amides is 1. The van der Waals surface area contributed by atoms with Crippen molar-refractivity contribution in [1.82, 2.24) is 4.98 Å². The number of anilines is 1. The summed E-state index contributed by atoms with van der Waals surface area (Å²) in [5, 5.41) is 5.36. The molecular formula is C24H24N2O4S. The highest BCUT2D eigenvalue weighted by Gasteiger charge is 2.12. The Hall–Kier alpha value is -3.32. The number of carbonyl (C=O) groups is 1. The van der Waals surface area contributed by atoms with Gasteiger partial charge in [0, 0.05) is 17.0 Å². The Kier molecular flexibility index (Phi) is 6.52. The lowest BCUT2D eigenvalue weighted by Crippen LogP contribution is -2.15. The highest BCUT2D eigenvalue weighted by molar-refractivity contribution is 7.14. The molecule has 1 amide bonds. The highest BCUT2D eigenvalue weighted by atomic mass is 32.1. The van der Waals surface area contributed by atoms with Crippen LogP contribution in [0.4, 0.5) is 5.13 Å². The molecule has 0 unspecified atom stereocenters. The van der Waals surface area contributed by atoms with E-state index in [0.29, 0.717) is 18.3 Å². The Bertz CT molecular complexity index is 1090. The van der Waals surface area contributed by atoms with Gasteiger partial charge >= 0.3 is 0 Å². The molecule has 0 bridgehead atoms. The molecule has 2 aromatic carbocycles. The fourth-order valence-electron chi connectivity index (χ4n) is 3.25. The van der Waals surface area contributed by atoms with Gasteiger partial charge in [-0.15, -0.1) is 11.3 Å². The first-order valence-electron chi connectivity index (χ1n) is 10.1. The van der Waals surface area contributed by atoms with E-state index in [4.69, 9.17) is 14.2 Å². The number of carbonyl (C=O) groups excluding carboxylic acids is 1. The van der Waals surface area contributed by atoms with Crippen molar-refractivity contribution < 1.29 is 19.0 Å². The van der Waals surface area contributed by atoms with Crippen LogP contribution in [-0.2, 0) is 11.2 Å². The third-order valence-electron chi connectivity index (χ3n) is 4.91. The zero-order valence-corrected chi connectivity index (χ0v) is 18.3. The van der Waals surface area contributed by atoms with Gasteiger partial charge in [-0.2, -0.15) is 0 Å². The van der Waals surface area contributed by atoms with Crippen LogP contribution in [0, 0.1) is 0 Å². The van der Waals surface area contributed by atoms with Crippen LogP contribution in [0.15, 0.2) is 59.5 Å². The number of fused-ring (bicyclic) bond motifs is 1. The third-order valence-corrected chi connectivity index (χ3v) is 5.67. The Morgan fingerprint density at radius 3 is 2.71 bits per heavy atom. The number of hydrogen-bond donors (Lipinski definition) is 1. The van der Waals surface area contributed by atoms with Gasteiger partial charge in [-0.1, -0.05) is 11.6 Å². The molecule has 0 spiro atoms. The summed E-state index contributed by atoms with van der Waals surface area (Å²) in [4.78, 5) is 16.9. The molecule has 160 valence electrons. The molecule has 31 heavy (non-hydrogen) atoms. The second-order valence-electron chi connectivity index (χ2n) is 7.22. The number of aryl methyl sites for hydroxylation is 1. The topological polar surface area (TPSA) is 69.7 Å². The van der Waals surface area contributed by atoms with E-state index in [0.717, 1.165) is 52.5 Å². The maximum atomic E-state index is 12.4. The summed E-state index contributed by atoms with van der Waals surface area (Å²) < 4.78 is 16.4. The minimum Gasteiger partial charge on any atom is -0.497 e. The van der Waals surface area contributed by atoms with E-state index in [1.165, 1.54) is 11.3 Å². The van der Waals surface area contributed by atoms with Crippen molar-refractivity contribution in [2.75, 3.05) is 25.6 Å². The van der Waals surface area contributed by atoms with Crippen molar-refractivity contribution in [3.8, 4) is 28.5 Å². The molecule has 6 nitrogen and oxygen atoms in total. The molecule has 0 aliphatic carbocycles. The van der Waals surface area contributed by atoms with Gasteiger partial charge in [-0.3, -0.25) is 10.1 Å². The fourth-order valence-corrected chi connectivity index (χ4v) is 3.97. The smallest absolute Gasteiger partial charge is 0.250 e. The number of thiazole rings is 1. The SMILES string of the molecule is COc1ccc(-c2csc(NC(=O)C=C(C)CCc3ccc4c(c3)OCCO4)n2)cc1. The average molecular weight is 437 g/mol. The maximum Gasteiger partial charge on any atom is 0.250 e. The van der Waals surface area contributed by atoms with Crippen molar-refractivity contribution in [2.45, 2.75) is 19.8 Å². The summed E-state index contributed by atoms with van der Waals surface area (Å²) in [5.74, 6) is 2.21. The number of nitrogens with one attached hydrogen (secondary N) is 1. The number of aromatic nitrogens is 1. The molecule has 0 atom stereocenters. The van der Waals surface area contributed by atoms with E-state index < -0.39 is 0 Å². The number of methoxy groups -OCH3 is 1. The number of allylic oxidation sites excluding steroid dienone is 1. The lowest BCUT2D eigenvalue weighted by Gasteiger charge is -2.18. The highest BCUT2D eigenvalue weighted by Crippen LogP contribution is 2.31. The molecule has 0 saturated heterocycles. The van der Waals surface area contributed by atoms with Crippen molar-refractivity contribution in [2.24, 2.45) is 0 Å². The van der Waals surface area contributed by atoms with Crippen LogP contribution < -0.4 is 19.5 Å². The third kappa shape index (κ3) is 5.44. The molecule has 7 heteroatoms. The van der Waals surface area contributed by atoms with Crippen LogP contribution in [0.2, 0.25) is 0 Å². The molecule has 1 aliphatic heterocycles. The summed E-state index contributed by atoms with van der Waals surface area (Å²) in [7, 11) is 1.64. The Morgan fingerprint density at radius 2 is 1.94 bits per heavy atom.